The fourth-order valence-electron chi connectivity index (χ4n) is 7.17. The van der Waals surface area contributed by atoms with Gasteiger partial charge >= 0.3 is 0 Å². The van der Waals surface area contributed by atoms with Crippen LogP contribution in [0.2, 0.25) is 0 Å². The van der Waals surface area contributed by atoms with Crippen molar-refractivity contribution in [1.82, 2.24) is 0 Å². The largest absolute Gasteiger partial charge is 0.310 e. The SMILES string of the molecule is c1ccc(-c2cccc(N(c3ccc4c(c3)sc3ccccc34)c3cccc(-c4ccccc4)c3-c3ccccc3-c3ccccc3)c2)cc1. The third kappa shape index (κ3) is 5.46. The van der Waals surface area contributed by atoms with E-state index in [1.807, 2.05) is 11.3 Å². The molecule has 0 amide bonds. The van der Waals surface area contributed by atoms with Crippen molar-refractivity contribution >= 4 is 48.6 Å². The Morgan fingerprint density at radius 3 is 1.62 bits per heavy atom. The summed E-state index contributed by atoms with van der Waals surface area (Å²) in [5.74, 6) is 0. The molecule has 1 nitrogen and oxygen atoms in total. The first-order valence-corrected chi connectivity index (χ1v) is 17.8. The molecule has 0 fully saturated rings. The number of rotatable bonds is 7. The zero-order valence-electron chi connectivity index (χ0n) is 27.4. The number of anilines is 3. The van der Waals surface area contributed by atoms with E-state index in [0.29, 0.717) is 0 Å². The number of hydrogen-bond acceptors (Lipinski definition) is 2. The maximum atomic E-state index is 2.46. The standard InChI is InChI=1S/C48H33NS/c1-4-16-34(17-5-1)37-22-14-23-38(32-37)49(39-30-31-43-42-25-12-13-29-46(42)50-47(43)33-39)45-28-15-27-41(36-20-8-3-9-21-36)48(45)44-26-11-10-24-40(44)35-18-6-2-7-19-35/h1-33H. The molecule has 50 heavy (non-hydrogen) atoms. The summed E-state index contributed by atoms with van der Waals surface area (Å²) in [6, 6.07) is 72.4. The molecule has 9 rings (SSSR count). The molecule has 1 heterocycles. The van der Waals surface area contributed by atoms with Crippen molar-refractivity contribution in [1.29, 1.82) is 0 Å². The zero-order chi connectivity index (χ0) is 33.3. The van der Waals surface area contributed by atoms with Gasteiger partial charge in [0.15, 0.2) is 0 Å². The van der Waals surface area contributed by atoms with Gasteiger partial charge in [0.1, 0.15) is 0 Å². The summed E-state index contributed by atoms with van der Waals surface area (Å²) in [6.07, 6.45) is 0. The minimum atomic E-state index is 1.11. The van der Waals surface area contributed by atoms with Gasteiger partial charge in [-0.25, -0.2) is 0 Å². The molecule has 0 unspecified atom stereocenters. The molecule has 0 aliphatic carbocycles. The van der Waals surface area contributed by atoms with Gasteiger partial charge in [-0.3, -0.25) is 0 Å². The number of benzene rings is 8. The monoisotopic (exact) mass is 655 g/mol. The van der Waals surface area contributed by atoms with E-state index < -0.39 is 0 Å². The lowest BCUT2D eigenvalue weighted by Crippen LogP contribution is -2.12. The summed E-state index contributed by atoms with van der Waals surface area (Å²) in [7, 11) is 0. The van der Waals surface area contributed by atoms with Crippen molar-refractivity contribution in [3.05, 3.63) is 200 Å². The molecule has 0 saturated heterocycles. The van der Waals surface area contributed by atoms with Crippen LogP contribution in [0.25, 0.3) is 64.7 Å². The smallest absolute Gasteiger partial charge is 0.0546 e. The second-order valence-electron chi connectivity index (χ2n) is 12.5. The van der Waals surface area contributed by atoms with Gasteiger partial charge in [-0.05, 0) is 75.3 Å². The van der Waals surface area contributed by atoms with Crippen molar-refractivity contribution in [2.45, 2.75) is 0 Å². The molecule has 0 spiro atoms. The van der Waals surface area contributed by atoms with Crippen molar-refractivity contribution in [2.75, 3.05) is 4.90 Å². The van der Waals surface area contributed by atoms with Crippen molar-refractivity contribution in [3.63, 3.8) is 0 Å². The topological polar surface area (TPSA) is 3.24 Å². The van der Waals surface area contributed by atoms with Crippen LogP contribution in [0.4, 0.5) is 17.1 Å². The molecule has 0 bridgehead atoms. The minimum absolute atomic E-state index is 1.11. The Kier molecular flexibility index (Phi) is 7.77. The first kappa shape index (κ1) is 29.9. The van der Waals surface area contributed by atoms with Crippen LogP contribution >= 0.6 is 11.3 Å². The lowest BCUT2D eigenvalue weighted by atomic mass is 9.87. The maximum Gasteiger partial charge on any atom is 0.0546 e. The van der Waals surface area contributed by atoms with Crippen LogP contribution in [0, 0.1) is 0 Å². The van der Waals surface area contributed by atoms with Gasteiger partial charge < -0.3 is 4.90 Å². The normalized spacial score (nSPS) is 11.2. The van der Waals surface area contributed by atoms with Crippen LogP contribution in [0.3, 0.4) is 0 Å². The number of nitrogens with zero attached hydrogens (tertiary/aromatic N) is 1. The molecule has 9 aromatic rings. The Morgan fingerprint density at radius 1 is 0.320 bits per heavy atom. The molecule has 1 aromatic heterocycles. The van der Waals surface area contributed by atoms with E-state index in [0.717, 1.165) is 17.1 Å². The number of thiophene rings is 1. The Labute approximate surface area is 297 Å². The molecule has 8 aromatic carbocycles. The second-order valence-corrected chi connectivity index (χ2v) is 13.6. The highest BCUT2D eigenvalue weighted by molar-refractivity contribution is 7.25. The van der Waals surface area contributed by atoms with Crippen LogP contribution in [-0.4, -0.2) is 0 Å². The lowest BCUT2D eigenvalue weighted by Gasteiger charge is -2.30. The van der Waals surface area contributed by atoms with Crippen LogP contribution in [0.1, 0.15) is 0 Å². The summed E-state index contributed by atoms with van der Waals surface area (Å²) in [4.78, 5) is 2.46. The zero-order valence-corrected chi connectivity index (χ0v) is 28.2. The first-order chi connectivity index (χ1) is 24.8. The fraction of sp³-hybridized carbons (Fsp3) is 0. The van der Waals surface area contributed by atoms with Gasteiger partial charge in [0, 0.05) is 37.1 Å². The van der Waals surface area contributed by atoms with Gasteiger partial charge in [-0.2, -0.15) is 0 Å². The Morgan fingerprint density at radius 2 is 0.860 bits per heavy atom. The molecule has 0 aliphatic heterocycles. The maximum absolute atomic E-state index is 2.46. The highest BCUT2D eigenvalue weighted by Crippen LogP contribution is 2.49. The van der Waals surface area contributed by atoms with E-state index in [1.54, 1.807) is 0 Å². The molecule has 0 radical (unpaired) electrons. The lowest BCUT2D eigenvalue weighted by molar-refractivity contribution is 1.29. The fourth-order valence-corrected chi connectivity index (χ4v) is 8.31. The number of hydrogen-bond donors (Lipinski definition) is 0. The van der Waals surface area contributed by atoms with Gasteiger partial charge in [0.2, 0.25) is 0 Å². The van der Waals surface area contributed by atoms with Crippen molar-refractivity contribution in [2.24, 2.45) is 0 Å². The molecule has 236 valence electrons. The van der Waals surface area contributed by atoms with Crippen LogP contribution in [-0.2, 0) is 0 Å². The van der Waals surface area contributed by atoms with Crippen LogP contribution in [0.15, 0.2) is 200 Å². The number of fused-ring (bicyclic) bond motifs is 3. The van der Waals surface area contributed by atoms with Gasteiger partial charge in [0.05, 0.1) is 5.69 Å². The third-order valence-corrected chi connectivity index (χ3v) is 10.6. The predicted octanol–water partition coefficient (Wildman–Crippen LogP) is 14.2. The summed E-state index contributed by atoms with van der Waals surface area (Å²) in [5, 5.41) is 2.60. The van der Waals surface area contributed by atoms with E-state index in [9.17, 15) is 0 Å². The summed E-state index contributed by atoms with van der Waals surface area (Å²) < 4.78 is 2.58. The van der Waals surface area contributed by atoms with E-state index in [2.05, 4.69) is 205 Å². The molecule has 0 aliphatic rings. The summed E-state index contributed by atoms with van der Waals surface area (Å²) >= 11 is 1.86. The average Bonchev–Trinajstić information content (AvgIpc) is 3.57. The average molecular weight is 656 g/mol. The van der Waals surface area contributed by atoms with E-state index in [1.165, 1.54) is 64.7 Å². The first-order valence-electron chi connectivity index (χ1n) is 17.0. The summed E-state index contributed by atoms with van der Waals surface area (Å²) in [5.41, 5.74) is 12.9. The van der Waals surface area contributed by atoms with Crippen LogP contribution in [0.5, 0.6) is 0 Å². The summed E-state index contributed by atoms with van der Waals surface area (Å²) in [6.45, 7) is 0. The molecule has 0 saturated carbocycles. The second kappa shape index (κ2) is 13.0. The Balaban J connectivity index is 1.35. The highest BCUT2D eigenvalue weighted by atomic mass is 32.1. The molecule has 2 heteroatoms. The minimum Gasteiger partial charge on any atom is -0.310 e. The molecule has 0 atom stereocenters. The third-order valence-electron chi connectivity index (χ3n) is 9.48. The molecule has 0 N–H and O–H groups in total. The highest BCUT2D eigenvalue weighted by Gasteiger charge is 2.23. The van der Waals surface area contributed by atoms with Gasteiger partial charge in [-0.15, -0.1) is 11.3 Å². The van der Waals surface area contributed by atoms with E-state index >= 15 is 0 Å². The van der Waals surface area contributed by atoms with Crippen molar-refractivity contribution < 1.29 is 0 Å². The van der Waals surface area contributed by atoms with Crippen LogP contribution < -0.4 is 4.90 Å². The molecular formula is C48H33NS. The van der Waals surface area contributed by atoms with E-state index in [4.69, 9.17) is 0 Å². The Bertz CT molecular complexity index is 2590. The quantitative estimate of drug-likeness (QED) is 0.165. The van der Waals surface area contributed by atoms with Gasteiger partial charge in [0.25, 0.3) is 0 Å². The predicted molar refractivity (Wildman–Crippen MR) is 216 cm³/mol. The Hall–Kier alpha value is -6.22. The van der Waals surface area contributed by atoms with E-state index in [-0.39, 0.29) is 0 Å². The molecular weight excluding hydrogens is 623 g/mol. The van der Waals surface area contributed by atoms with Gasteiger partial charge in [-0.1, -0.05) is 164 Å². The van der Waals surface area contributed by atoms with Crippen molar-refractivity contribution in [3.8, 4) is 44.5 Å².